The molecule has 9 aromatic carbocycles. The molecule has 1 aliphatic rings. The second kappa shape index (κ2) is 13.6. The van der Waals surface area contributed by atoms with E-state index in [0.717, 1.165) is 60.5 Å². The maximum absolute atomic E-state index is 6.87. The Morgan fingerprint density at radius 3 is 1.58 bits per heavy atom. The minimum atomic E-state index is -0.514. The summed E-state index contributed by atoms with van der Waals surface area (Å²) in [6, 6.07) is 75.1. The number of aromatic nitrogens is 3. The molecule has 2 heterocycles. The monoisotopic (exact) mass is 765 g/mol. The predicted molar refractivity (Wildman–Crippen MR) is 244 cm³/mol. The maximum Gasteiger partial charge on any atom is 0.164 e. The fourth-order valence-corrected chi connectivity index (χ4v) is 9.59. The van der Waals surface area contributed by atoms with Crippen LogP contribution in [0.5, 0.6) is 0 Å². The van der Waals surface area contributed by atoms with Crippen LogP contribution in [0.4, 0.5) is 0 Å². The van der Waals surface area contributed by atoms with Gasteiger partial charge in [0.1, 0.15) is 11.2 Å². The Morgan fingerprint density at radius 2 is 0.900 bits per heavy atom. The SMILES string of the molecule is c1ccc(-c2nc(-c3ccccc3)nc(-c3cc(-c4cccc5oc6cc(C7(c8ccccc8)c8ccccc8-c8ccccc87)ccc6c45)cc4ccccc34)n2)cc1. The Bertz CT molecular complexity index is 3330. The van der Waals surface area contributed by atoms with E-state index in [-0.39, 0.29) is 0 Å². The molecule has 0 fully saturated rings. The number of benzene rings is 9. The quantitative estimate of drug-likeness (QED) is 0.169. The third kappa shape index (κ3) is 5.21. The molecule has 0 saturated heterocycles. The molecule has 280 valence electrons. The van der Waals surface area contributed by atoms with Gasteiger partial charge in [0.25, 0.3) is 0 Å². The van der Waals surface area contributed by atoms with Crippen LogP contribution in [0.25, 0.3) is 89.1 Å². The van der Waals surface area contributed by atoms with Crippen molar-refractivity contribution in [3.63, 3.8) is 0 Å². The van der Waals surface area contributed by atoms with Gasteiger partial charge in [-0.05, 0) is 79.5 Å². The number of nitrogens with zero attached hydrogens (tertiary/aromatic N) is 3. The Kier molecular flexibility index (Phi) is 7.72. The van der Waals surface area contributed by atoms with Gasteiger partial charge in [-0.2, -0.15) is 0 Å². The molecule has 2 aromatic heterocycles. The number of rotatable bonds is 6. The van der Waals surface area contributed by atoms with Gasteiger partial charge in [-0.15, -0.1) is 0 Å². The topological polar surface area (TPSA) is 51.8 Å². The highest BCUT2D eigenvalue weighted by molar-refractivity contribution is 6.14. The largest absolute Gasteiger partial charge is 0.456 e. The summed E-state index contributed by atoms with van der Waals surface area (Å²) in [6.45, 7) is 0. The molecule has 0 atom stereocenters. The normalized spacial score (nSPS) is 12.8. The first kappa shape index (κ1) is 34.1. The molecule has 1 aliphatic carbocycles. The van der Waals surface area contributed by atoms with E-state index in [1.54, 1.807) is 0 Å². The van der Waals surface area contributed by atoms with Crippen LogP contribution in [0.3, 0.4) is 0 Å². The average molecular weight is 766 g/mol. The Balaban J connectivity index is 1.07. The highest BCUT2D eigenvalue weighted by atomic mass is 16.3. The zero-order chi connectivity index (χ0) is 39.6. The van der Waals surface area contributed by atoms with Gasteiger partial charge in [0, 0.05) is 27.5 Å². The van der Waals surface area contributed by atoms with Crippen molar-refractivity contribution in [1.29, 1.82) is 0 Å². The highest BCUT2D eigenvalue weighted by Crippen LogP contribution is 2.56. The van der Waals surface area contributed by atoms with E-state index < -0.39 is 5.41 Å². The van der Waals surface area contributed by atoms with Crippen molar-refractivity contribution in [3.05, 3.63) is 235 Å². The lowest BCUT2D eigenvalue weighted by molar-refractivity contribution is 0.665. The molecule has 0 spiro atoms. The lowest BCUT2D eigenvalue weighted by Crippen LogP contribution is -2.28. The molecule has 12 rings (SSSR count). The van der Waals surface area contributed by atoms with Gasteiger partial charge in [0.05, 0.1) is 5.41 Å². The van der Waals surface area contributed by atoms with E-state index in [0.29, 0.717) is 17.5 Å². The minimum absolute atomic E-state index is 0.514. The molecule has 0 unspecified atom stereocenters. The van der Waals surface area contributed by atoms with Crippen LogP contribution in [0.2, 0.25) is 0 Å². The lowest BCUT2D eigenvalue weighted by atomic mass is 9.67. The molecule has 0 saturated carbocycles. The van der Waals surface area contributed by atoms with Crippen molar-refractivity contribution < 1.29 is 4.42 Å². The van der Waals surface area contributed by atoms with Gasteiger partial charge < -0.3 is 4.42 Å². The zero-order valence-electron chi connectivity index (χ0n) is 32.5. The van der Waals surface area contributed by atoms with Crippen LogP contribution in [0, 0.1) is 0 Å². The van der Waals surface area contributed by atoms with E-state index in [2.05, 4.69) is 152 Å². The summed E-state index contributed by atoms with van der Waals surface area (Å²) in [5.74, 6) is 1.89. The first-order valence-electron chi connectivity index (χ1n) is 20.4. The van der Waals surface area contributed by atoms with Crippen LogP contribution in [0.15, 0.2) is 217 Å². The Labute approximate surface area is 347 Å². The molecular formula is C56H35N3O. The minimum Gasteiger partial charge on any atom is -0.456 e. The molecule has 11 aromatic rings. The van der Waals surface area contributed by atoms with Gasteiger partial charge in [-0.25, -0.2) is 15.0 Å². The molecular weight excluding hydrogens is 731 g/mol. The summed E-state index contributed by atoms with van der Waals surface area (Å²) in [4.78, 5) is 15.3. The van der Waals surface area contributed by atoms with Crippen LogP contribution in [0.1, 0.15) is 22.3 Å². The summed E-state index contributed by atoms with van der Waals surface area (Å²) in [5, 5.41) is 4.32. The fourth-order valence-electron chi connectivity index (χ4n) is 9.59. The van der Waals surface area contributed by atoms with Crippen molar-refractivity contribution in [2.45, 2.75) is 5.41 Å². The number of fused-ring (bicyclic) bond motifs is 7. The van der Waals surface area contributed by atoms with Gasteiger partial charge >= 0.3 is 0 Å². The average Bonchev–Trinajstić information content (AvgIpc) is 3.85. The number of furan rings is 1. The third-order valence-electron chi connectivity index (χ3n) is 12.2. The van der Waals surface area contributed by atoms with Crippen molar-refractivity contribution in [1.82, 2.24) is 15.0 Å². The summed E-state index contributed by atoms with van der Waals surface area (Å²) in [6.07, 6.45) is 0. The standard InChI is InChI=1S/C56H35N3O/c1-4-17-36(18-5-1)53-57-54(37-19-6-2-7-20-37)59-55(58-53)47-34-39(33-38-21-10-11-24-42(38)47)43-27-16-30-50-52(43)46-32-31-41(35-51(46)60-50)56(40-22-8-3-9-23-40)48-28-14-12-25-44(48)45-26-13-15-29-49(45)56/h1-35H. The van der Waals surface area contributed by atoms with E-state index in [4.69, 9.17) is 19.4 Å². The van der Waals surface area contributed by atoms with E-state index in [9.17, 15) is 0 Å². The zero-order valence-corrected chi connectivity index (χ0v) is 32.5. The molecule has 4 nitrogen and oxygen atoms in total. The van der Waals surface area contributed by atoms with Crippen molar-refractivity contribution >= 4 is 32.7 Å². The smallest absolute Gasteiger partial charge is 0.164 e. The summed E-state index contributed by atoms with van der Waals surface area (Å²) >= 11 is 0. The van der Waals surface area contributed by atoms with E-state index in [1.807, 2.05) is 60.7 Å². The summed E-state index contributed by atoms with van der Waals surface area (Å²) in [7, 11) is 0. The van der Waals surface area contributed by atoms with Crippen molar-refractivity contribution in [3.8, 4) is 56.4 Å². The Hall–Kier alpha value is -7.95. The second-order valence-corrected chi connectivity index (χ2v) is 15.5. The number of hydrogen-bond acceptors (Lipinski definition) is 4. The van der Waals surface area contributed by atoms with Crippen LogP contribution in [-0.4, -0.2) is 15.0 Å². The maximum atomic E-state index is 6.87. The predicted octanol–water partition coefficient (Wildman–Crippen LogP) is 14.0. The van der Waals surface area contributed by atoms with Crippen LogP contribution in [-0.2, 0) is 5.41 Å². The van der Waals surface area contributed by atoms with Gasteiger partial charge in [-0.1, -0.05) is 188 Å². The fraction of sp³-hybridized carbons (Fsp3) is 0.0179. The summed E-state index contributed by atoms with van der Waals surface area (Å²) in [5.41, 5.74) is 13.6. The highest BCUT2D eigenvalue weighted by Gasteiger charge is 2.46. The summed E-state index contributed by atoms with van der Waals surface area (Å²) < 4.78 is 6.87. The lowest BCUT2D eigenvalue weighted by Gasteiger charge is -2.33. The first-order chi connectivity index (χ1) is 29.7. The van der Waals surface area contributed by atoms with Crippen LogP contribution >= 0.6 is 0 Å². The van der Waals surface area contributed by atoms with E-state index in [1.165, 1.54) is 33.4 Å². The molecule has 0 N–H and O–H groups in total. The molecule has 60 heavy (non-hydrogen) atoms. The molecule has 0 bridgehead atoms. The van der Waals surface area contributed by atoms with Crippen molar-refractivity contribution in [2.24, 2.45) is 0 Å². The second-order valence-electron chi connectivity index (χ2n) is 15.5. The van der Waals surface area contributed by atoms with Crippen molar-refractivity contribution in [2.75, 3.05) is 0 Å². The third-order valence-corrected chi connectivity index (χ3v) is 12.2. The molecule has 0 amide bonds. The van der Waals surface area contributed by atoms with Gasteiger partial charge in [-0.3, -0.25) is 0 Å². The van der Waals surface area contributed by atoms with E-state index >= 15 is 0 Å². The van der Waals surface area contributed by atoms with Crippen LogP contribution < -0.4 is 0 Å². The molecule has 0 aliphatic heterocycles. The molecule has 0 radical (unpaired) electrons. The Morgan fingerprint density at radius 1 is 0.333 bits per heavy atom. The van der Waals surface area contributed by atoms with Gasteiger partial charge in [0.15, 0.2) is 17.5 Å². The first-order valence-corrected chi connectivity index (χ1v) is 20.4. The van der Waals surface area contributed by atoms with Gasteiger partial charge in [0.2, 0.25) is 0 Å². The number of hydrogen-bond donors (Lipinski definition) is 0. The molecule has 4 heteroatoms.